The number of nitrogens with zero attached hydrogens (tertiary/aromatic N) is 3. The molecule has 0 aliphatic rings. The normalized spacial score (nSPS) is 10.6. The second kappa shape index (κ2) is 4.68. The van der Waals surface area contributed by atoms with Crippen molar-refractivity contribution in [2.24, 2.45) is 0 Å². The SMILES string of the molecule is CC(C)n1cnnc(CCC(=O)O)c1=O. The van der Waals surface area contributed by atoms with Crippen LogP contribution in [0.15, 0.2) is 11.1 Å². The zero-order chi connectivity index (χ0) is 11.4. The first-order valence-electron chi connectivity index (χ1n) is 4.67. The third kappa shape index (κ3) is 2.87. The van der Waals surface area contributed by atoms with Crippen LogP contribution in [0.5, 0.6) is 0 Å². The highest BCUT2D eigenvalue weighted by Gasteiger charge is 2.09. The van der Waals surface area contributed by atoms with Crippen molar-refractivity contribution in [3.63, 3.8) is 0 Å². The molecule has 0 amide bonds. The van der Waals surface area contributed by atoms with E-state index in [1.165, 1.54) is 10.9 Å². The quantitative estimate of drug-likeness (QED) is 0.770. The molecule has 0 unspecified atom stereocenters. The van der Waals surface area contributed by atoms with Gasteiger partial charge >= 0.3 is 5.97 Å². The van der Waals surface area contributed by atoms with Gasteiger partial charge in [0.25, 0.3) is 5.56 Å². The molecule has 6 heteroatoms. The van der Waals surface area contributed by atoms with Crippen molar-refractivity contribution in [1.82, 2.24) is 14.8 Å². The average molecular weight is 211 g/mol. The number of carboxylic acids is 1. The molecule has 0 saturated carbocycles. The molecule has 0 bridgehead atoms. The number of carbonyl (C=O) groups is 1. The highest BCUT2D eigenvalue weighted by Crippen LogP contribution is 1.98. The van der Waals surface area contributed by atoms with E-state index in [4.69, 9.17) is 5.11 Å². The summed E-state index contributed by atoms with van der Waals surface area (Å²) in [6, 6.07) is -0.00317. The third-order valence-electron chi connectivity index (χ3n) is 1.97. The van der Waals surface area contributed by atoms with Crippen molar-refractivity contribution >= 4 is 5.97 Å². The van der Waals surface area contributed by atoms with E-state index < -0.39 is 5.97 Å². The Morgan fingerprint density at radius 1 is 1.60 bits per heavy atom. The fraction of sp³-hybridized carbons (Fsp3) is 0.556. The Kier molecular flexibility index (Phi) is 3.54. The lowest BCUT2D eigenvalue weighted by Gasteiger charge is -2.08. The maximum atomic E-state index is 11.7. The molecule has 0 radical (unpaired) electrons. The van der Waals surface area contributed by atoms with E-state index in [0.717, 1.165) is 0 Å². The molecule has 15 heavy (non-hydrogen) atoms. The molecule has 1 N–H and O–H groups in total. The molecule has 0 fully saturated rings. The molecule has 1 rings (SSSR count). The summed E-state index contributed by atoms with van der Waals surface area (Å²) in [5.74, 6) is -0.948. The summed E-state index contributed by atoms with van der Waals surface area (Å²) in [6.07, 6.45) is 1.37. The number of rotatable bonds is 4. The molecule has 6 nitrogen and oxygen atoms in total. The summed E-state index contributed by atoms with van der Waals surface area (Å²) in [6.45, 7) is 3.70. The minimum Gasteiger partial charge on any atom is -0.481 e. The summed E-state index contributed by atoms with van der Waals surface area (Å²) in [5, 5.41) is 15.8. The lowest BCUT2D eigenvalue weighted by molar-refractivity contribution is -0.136. The molecule has 0 saturated heterocycles. The van der Waals surface area contributed by atoms with E-state index in [-0.39, 0.29) is 30.1 Å². The lowest BCUT2D eigenvalue weighted by atomic mass is 10.2. The van der Waals surface area contributed by atoms with Crippen molar-refractivity contribution in [2.75, 3.05) is 0 Å². The van der Waals surface area contributed by atoms with Gasteiger partial charge in [0.15, 0.2) is 0 Å². The van der Waals surface area contributed by atoms with Gasteiger partial charge in [0, 0.05) is 12.5 Å². The van der Waals surface area contributed by atoms with Crippen molar-refractivity contribution in [2.45, 2.75) is 32.7 Å². The Balaban J connectivity index is 2.95. The number of aryl methyl sites for hydroxylation is 1. The van der Waals surface area contributed by atoms with Gasteiger partial charge in [-0.15, -0.1) is 10.2 Å². The first-order chi connectivity index (χ1) is 7.02. The van der Waals surface area contributed by atoms with Gasteiger partial charge in [-0.2, -0.15) is 0 Å². The van der Waals surface area contributed by atoms with Gasteiger partial charge in [-0.05, 0) is 13.8 Å². The first kappa shape index (κ1) is 11.4. The maximum Gasteiger partial charge on any atom is 0.303 e. The van der Waals surface area contributed by atoms with Crippen LogP contribution in [0.4, 0.5) is 0 Å². The largest absolute Gasteiger partial charge is 0.481 e. The summed E-state index contributed by atoms with van der Waals surface area (Å²) in [5.41, 5.74) is -0.0603. The minimum atomic E-state index is -0.948. The van der Waals surface area contributed by atoms with Gasteiger partial charge in [0.2, 0.25) is 0 Å². The molecule has 82 valence electrons. The van der Waals surface area contributed by atoms with Crippen LogP contribution in [0.2, 0.25) is 0 Å². The van der Waals surface area contributed by atoms with E-state index in [9.17, 15) is 9.59 Å². The van der Waals surface area contributed by atoms with Crippen LogP contribution in [0.25, 0.3) is 0 Å². The fourth-order valence-corrected chi connectivity index (χ4v) is 1.15. The second-order valence-electron chi connectivity index (χ2n) is 3.48. The van der Waals surface area contributed by atoms with Crippen LogP contribution in [-0.2, 0) is 11.2 Å². The molecule has 1 heterocycles. The van der Waals surface area contributed by atoms with Crippen LogP contribution >= 0.6 is 0 Å². The topological polar surface area (TPSA) is 85.1 Å². The first-order valence-corrected chi connectivity index (χ1v) is 4.67. The van der Waals surface area contributed by atoms with Gasteiger partial charge < -0.3 is 5.11 Å². The Labute approximate surface area is 86.6 Å². The molecular weight excluding hydrogens is 198 g/mol. The zero-order valence-electron chi connectivity index (χ0n) is 8.67. The van der Waals surface area contributed by atoms with E-state index in [1.54, 1.807) is 0 Å². The molecular formula is C9H13N3O3. The standard InChI is InChI=1S/C9H13N3O3/c1-6(2)12-5-10-11-7(9(12)15)3-4-8(13)14/h5-6H,3-4H2,1-2H3,(H,13,14). The number of aliphatic carboxylic acids is 1. The van der Waals surface area contributed by atoms with Crippen molar-refractivity contribution in [1.29, 1.82) is 0 Å². The molecule has 0 aliphatic carbocycles. The lowest BCUT2D eigenvalue weighted by Crippen LogP contribution is -2.27. The van der Waals surface area contributed by atoms with Crippen LogP contribution in [0.3, 0.4) is 0 Å². The van der Waals surface area contributed by atoms with Crippen LogP contribution < -0.4 is 5.56 Å². The Bertz CT molecular complexity index is 411. The highest BCUT2D eigenvalue weighted by molar-refractivity contribution is 5.66. The van der Waals surface area contributed by atoms with Gasteiger partial charge in [-0.1, -0.05) is 0 Å². The van der Waals surface area contributed by atoms with E-state index >= 15 is 0 Å². The Morgan fingerprint density at radius 2 is 2.27 bits per heavy atom. The van der Waals surface area contributed by atoms with Gasteiger partial charge in [-0.3, -0.25) is 14.2 Å². The van der Waals surface area contributed by atoms with Crippen LogP contribution in [0, 0.1) is 0 Å². The molecule has 0 atom stereocenters. The fourth-order valence-electron chi connectivity index (χ4n) is 1.15. The van der Waals surface area contributed by atoms with E-state index in [2.05, 4.69) is 10.2 Å². The van der Waals surface area contributed by atoms with Gasteiger partial charge in [0.05, 0.1) is 6.42 Å². The summed E-state index contributed by atoms with van der Waals surface area (Å²) in [7, 11) is 0. The monoisotopic (exact) mass is 211 g/mol. The third-order valence-corrected chi connectivity index (χ3v) is 1.97. The predicted octanol–water partition coefficient (Wildman–Crippen LogP) is 0.236. The summed E-state index contributed by atoms with van der Waals surface area (Å²) >= 11 is 0. The van der Waals surface area contributed by atoms with Crippen molar-refractivity contribution < 1.29 is 9.90 Å². The van der Waals surface area contributed by atoms with Crippen LogP contribution in [-0.4, -0.2) is 25.8 Å². The minimum absolute atomic E-state index is 0.00317. The molecule has 1 aromatic rings. The van der Waals surface area contributed by atoms with E-state index in [0.29, 0.717) is 0 Å². The Morgan fingerprint density at radius 3 is 2.80 bits per heavy atom. The average Bonchev–Trinajstić information content (AvgIpc) is 2.15. The zero-order valence-corrected chi connectivity index (χ0v) is 8.67. The van der Waals surface area contributed by atoms with Gasteiger partial charge in [-0.25, -0.2) is 0 Å². The Hall–Kier alpha value is -1.72. The molecule has 0 aromatic carbocycles. The predicted molar refractivity (Wildman–Crippen MR) is 52.6 cm³/mol. The van der Waals surface area contributed by atoms with Crippen LogP contribution in [0.1, 0.15) is 32.0 Å². The van der Waals surface area contributed by atoms with Gasteiger partial charge in [0.1, 0.15) is 12.0 Å². The molecule has 0 aliphatic heterocycles. The molecule has 1 aromatic heterocycles. The van der Waals surface area contributed by atoms with Crippen molar-refractivity contribution in [3.8, 4) is 0 Å². The molecule has 0 spiro atoms. The maximum absolute atomic E-state index is 11.7. The summed E-state index contributed by atoms with van der Waals surface area (Å²) in [4.78, 5) is 22.0. The smallest absolute Gasteiger partial charge is 0.303 e. The number of aromatic nitrogens is 3. The highest BCUT2D eigenvalue weighted by atomic mass is 16.4. The number of hydrogen-bond acceptors (Lipinski definition) is 4. The number of hydrogen-bond donors (Lipinski definition) is 1. The van der Waals surface area contributed by atoms with Crippen molar-refractivity contribution in [3.05, 3.63) is 22.4 Å². The van der Waals surface area contributed by atoms with E-state index in [1.807, 2.05) is 13.8 Å². The number of carboxylic acid groups (broad SMARTS) is 1. The summed E-state index contributed by atoms with van der Waals surface area (Å²) < 4.78 is 1.43. The second-order valence-corrected chi connectivity index (χ2v) is 3.48.